The minimum atomic E-state index is -4.11. The molecule has 0 aromatic carbocycles. The Bertz CT molecular complexity index is 1090. The van der Waals surface area contributed by atoms with Gasteiger partial charge in [0.1, 0.15) is 12.2 Å². The number of urea groups is 1. The Balaban J connectivity index is 2.14. The molecule has 0 aromatic heterocycles. The fourth-order valence-corrected chi connectivity index (χ4v) is 7.61. The average molecular weight is 576 g/mol. The van der Waals surface area contributed by atoms with Gasteiger partial charge in [0, 0.05) is 12.7 Å². The quantitative estimate of drug-likeness (QED) is 0.360. The fourth-order valence-electron chi connectivity index (χ4n) is 4.10. The number of nitrogens with two attached hydrogens (primary N) is 1. The van der Waals surface area contributed by atoms with E-state index < -0.39 is 50.8 Å². The van der Waals surface area contributed by atoms with Crippen molar-refractivity contribution in [2.75, 3.05) is 13.2 Å². The Hall–Kier alpha value is -1.23. The zero-order valence-electron chi connectivity index (χ0n) is 24.1. The van der Waals surface area contributed by atoms with Crippen molar-refractivity contribution in [1.82, 2.24) is 10.2 Å². The number of nitrogens with one attached hydrogen (secondary N) is 1. The van der Waals surface area contributed by atoms with Gasteiger partial charge >= 0.3 is 6.03 Å². The lowest BCUT2D eigenvalue weighted by atomic mass is 9.89. The molecule has 3 rings (SSSR count). The molecule has 0 saturated carbocycles. The van der Waals surface area contributed by atoms with Crippen LogP contribution in [0.4, 0.5) is 4.79 Å². The third-order valence-electron chi connectivity index (χ3n) is 8.50. The first-order chi connectivity index (χ1) is 16.5. The summed E-state index contributed by atoms with van der Waals surface area (Å²) >= 11 is 0. The molecule has 3 aliphatic heterocycles. The van der Waals surface area contributed by atoms with E-state index in [1.165, 1.54) is 4.90 Å². The molecular weight excluding hydrogens is 531 g/mol. The molecule has 4 atom stereocenters. The third-order valence-corrected chi connectivity index (χ3v) is 18.5. The Labute approximate surface area is 224 Å². The summed E-state index contributed by atoms with van der Waals surface area (Å²) in [5.41, 5.74) is 5.71. The maximum Gasteiger partial charge on any atom is 0.323 e. The summed E-state index contributed by atoms with van der Waals surface area (Å²) in [4.78, 5) is 14.5. The van der Waals surface area contributed by atoms with E-state index in [-0.39, 0.29) is 35.0 Å². The van der Waals surface area contributed by atoms with Crippen LogP contribution >= 0.6 is 0 Å². The summed E-state index contributed by atoms with van der Waals surface area (Å²) < 4.78 is 51.3. The average Bonchev–Trinajstić information content (AvgIpc) is 3.13. The van der Waals surface area contributed by atoms with Crippen LogP contribution in [0.25, 0.3) is 0 Å². The number of rotatable bonds is 6. The van der Waals surface area contributed by atoms with Crippen LogP contribution < -0.4 is 11.1 Å². The molecule has 212 valence electrons. The van der Waals surface area contributed by atoms with Gasteiger partial charge in [0.25, 0.3) is 10.1 Å². The molecular formula is C24H45N3O7SSi2. The summed E-state index contributed by atoms with van der Waals surface area (Å²) in [6.45, 7) is 23.2. The van der Waals surface area contributed by atoms with Crippen molar-refractivity contribution in [2.24, 2.45) is 5.73 Å². The van der Waals surface area contributed by atoms with Gasteiger partial charge in [-0.3, -0.25) is 4.90 Å². The minimum absolute atomic E-state index is 0.00720. The third kappa shape index (κ3) is 5.59. The lowest BCUT2D eigenvalue weighted by Gasteiger charge is -2.45. The van der Waals surface area contributed by atoms with Crippen LogP contribution in [0, 0.1) is 0 Å². The molecule has 37 heavy (non-hydrogen) atoms. The normalized spacial score (nSPS) is 30.9. The molecule has 1 spiro atoms. The van der Waals surface area contributed by atoms with Crippen molar-refractivity contribution in [1.29, 1.82) is 0 Å². The summed E-state index contributed by atoms with van der Waals surface area (Å²) in [6.07, 6.45) is -1.22. The topological polar surface area (TPSA) is 129 Å². The molecule has 2 amide bonds. The summed E-state index contributed by atoms with van der Waals surface area (Å²) in [5.74, 6) is 0. The Morgan fingerprint density at radius 2 is 1.70 bits per heavy atom. The van der Waals surface area contributed by atoms with Crippen LogP contribution in [0.2, 0.25) is 36.3 Å². The van der Waals surface area contributed by atoms with E-state index in [0.29, 0.717) is 0 Å². The van der Waals surface area contributed by atoms with E-state index in [1.807, 2.05) is 6.92 Å². The van der Waals surface area contributed by atoms with Crippen LogP contribution in [0.5, 0.6) is 0 Å². The molecule has 1 fully saturated rings. The Morgan fingerprint density at radius 3 is 2.19 bits per heavy atom. The van der Waals surface area contributed by atoms with Crippen molar-refractivity contribution in [3.05, 3.63) is 22.9 Å². The van der Waals surface area contributed by atoms with Crippen LogP contribution in [0.3, 0.4) is 0 Å². The lowest BCUT2D eigenvalue weighted by Crippen LogP contribution is -2.62. The Morgan fingerprint density at radius 1 is 1.14 bits per heavy atom. The minimum Gasteiger partial charge on any atom is -0.414 e. The smallest absolute Gasteiger partial charge is 0.323 e. The highest BCUT2D eigenvalue weighted by Gasteiger charge is 2.68. The first-order valence-electron chi connectivity index (χ1n) is 12.7. The number of carbonyl (C=O) groups is 1. The van der Waals surface area contributed by atoms with Crippen LogP contribution in [0.15, 0.2) is 22.9 Å². The van der Waals surface area contributed by atoms with Gasteiger partial charge in [-0.2, -0.15) is 8.42 Å². The summed E-state index contributed by atoms with van der Waals surface area (Å²) in [6, 6.07) is -0.371. The van der Waals surface area contributed by atoms with E-state index in [9.17, 15) is 13.2 Å². The van der Waals surface area contributed by atoms with E-state index in [4.69, 9.17) is 23.5 Å². The molecule has 3 N–H and O–H groups in total. The van der Waals surface area contributed by atoms with Crippen molar-refractivity contribution < 1.29 is 31.0 Å². The molecule has 3 heterocycles. The molecule has 0 radical (unpaired) electrons. The van der Waals surface area contributed by atoms with Gasteiger partial charge in [0.2, 0.25) is 0 Å². The second kappa shape index (κ2) is 9.45. The number of nitrogens with zero attached hydrogens (tertiary/aromatic N) is 1. The van der Waals surface area contributed by atoms with Gasteiger partial charge < -0.3 is 24.6 Å². The molecule has 0 aromatic rings. The highest BCUT2D eigenvalue weighted by Crippen LogP contribution is 2.50. The maximum atomic E-state index is 13.0. The van der Waals surface area contributed by atoms with Crippen molar-refractivity contribution >= 4 is 32.8 Å². The van der Waals surface area contributed by atoms with Gasteiger partial charge in [-0.25, -0.2) is 8.98 Å². The maximum absolute atomic E-state index is 13.0. The zero-order valence-corrected chi connectivity index (χ0v) is 26.9. The molecule has 13 heteroatoms. The van der Waals surface area contributed by atoms with Gasteiger partial charge in [0.05, 0.1) is 17.7 Å². The van der Waals surface area contributed by atoms with E-state index in [0.717, 1.165) is 11.0 Å². The molecule has 10 nitrogen and oxygen atoms in total. The molecule has 0 bridgehead atoms. The van der Waals surface area contributed by atoms with Crippen molar-refractivity contribution in [2.45, 2.75) is 109 Å². The number of carbonyl (C=O) groups excluding carboxylic acids is 1. The molecule has 3 aliphatic rings. The second-order valence-electron chi connectivity index (χ2n) is 13.4. The van der Waals surface area contributed by atoms with Crippen molar-refractivity contribution in [3.8, 4) is 0 Å². The fraction of sp³-hybridized carbons (Fsp3) is 0.792. The Kier molecular flexibility index (Phi) is 7.75. The van der Waals surface area contributed by atoms with Crippen LogP contribution in [-0.2, 0) is 27.9 Å². The molecule has 1 saturated heterocycles. The highest BCUT2D eigenvalue weighted by molar-refractivity contribution is 7.90. The monoisotopic (exact) mass is 575 g/mol. The number of hydrogen-bond acceptors (Lipinski definition) is 8. The number of amides is 2. The second-order valence-corrected chi connectivity index (χ2v) is 24.3. The van der Waals surface area contributed by atoms with E-state index in [2.05, 4.69) is 73.0 Å². The lowest BCUT2D eigenvalue weighted by molar-refractivity contribution is -0.0749. The predicted octanol–water partition coefficient (Wildman–Crippen LogP) is 3.95. The first-order valence-corrected chi connectivity index (χ1v) is 20.0. The summed E-state index contributed by atoms with van der Waals surface area (Å²) in [7, 11) is -8.92. The van der Waals surface area contributed by atoms with Gasteiger partial charge in [-0.1, -0.05) is 41.5 Å². The van der Waals surface area contributed by atoms with E-state index >= 15 is 0 Å². The number of ether oxygens (including phenoxy) is 1. The predicted molar refractivity (Wildman–Crippen MR) is 148 cm³/mol. The largest absolute Gasteiger partial charge is 0.414 e. The highest BCUT2D eigenvalue weighted by atomic mass is 32.2. The molecule has 0 aliphatic carbocycles. The van der Waals surface area contributed by atoms with Crippen molar-refractivity contribution in [3.63, 3.8) is 0 Å². The van der Waals surface area contributed by atoms with Crippen LogP contribution in [-0.4, -0.2) is 73.2 Å². The van der Waals surface area contributed by atoms with Crippen LogP contribution in [0.1, 0.15) is 48.5 Å². The zero-order chi connectivity index (χ0) is 28.4. The summed E-state index contributed by atoms with van der Waals surface area (Å²) in [5, 5.41) is 3.37. The first kappa shape index (κ1) is 30.3. The number of hydrogen-bond donors (Lipinski definition) is 2. The van der Waals surface area contributed by atoms with Gasteiger partial charge in [-0.05, 0) is 48.8 Å². The van der Waals surface area contributed by atoms with Gasteiger partial charge in [0.15, 0.2) is 28.5 Å². The SMILES string of the molecule is CC1=CNC(=O)N(C2OC(CO[Si](C)(C)C(C)(C)C)C3(OS(=O)(=O)C=C3N)C2O[Si](C)(C)C(C)(C)C)C1. The standard InChI is InChI=1S/C24H45N3O7SSi2/c1-16-12-26-21(28)27(13-16)20-19(33-37(10,11)23(5,6)7)24(17(25)15-35(29,30)34-24)18(32-20)14-31-36(8,9)22(2,3)4/h12,15,18-20H,13-14,25H2,1-11H3,(H,26,28). The molecule has 4 unspecified atom stereocenters. The van der Waals surface area contributed by atoms with E-state index in [1.54, 1.807) is 6.20 Å². The van der Waals surface area contributed by atoms with Gasteiger partial charge in [-0.15, -0.1) is 0 Å².